The molecule has 0 saturated carbocycles. The first-order valence-corrected chi connectivity index (χ1v) is 9.61. The lowest BCUT2D eigenvalue weighted by molar-refractivity contribution is -0.130. The number of carbonyl (C=O) groups excluding carboxylic acids is 1. The van der Waals surface area contributed by atoms with Gasteiger partial charge in [0, 0.05) is 18.7 Å². The number of hydrogen-bond donors (Lipinski definition) is 0. The average Bonchev–Trinajstić information content (AvgIpc) is 3.09. The highest BCUT2D eigenvalue weighted by Gasteiger charge is 2.28. The van der Waals surface area contributed by atoms with Crippen LogP contribution in [0.25, 0.3) is 11.4 Å². The molecule has 138 valence electrons. The maximum Gasteiger partial charge on any atom is 0.234 e. The minimum Gasteiger partial charge on any atom is -0.327 e. The Balaban J connectivity index is 2.24. The zero-order valence-corrected chi connectivity index (χ0v) is 16.7. The second-order valence-electron chi connectivity index (χ2n) is 6.71. The van der Waals surface area contributed by atoms with Crippen molar-refractivity contribution in [2.75, 3.05) is 12.8 Å². The predicted octanol–water partition coefficient (Wildman–Crippen LogP) is 3.77. The summed E-state index contributed by atoms with van der Waals surface area (Å²) in [7, 11) is 1.65. The second kappa shape index (κ2) is 8.37. The van der Waals surface area contributed by atoms with Crippen LogP contribution in [-0.4, -0.2) is 43.9 Å². The molecule has 0 fully saturated rings. The van der Waals surface area contributed by atoms with Gasteiger partial charge in [-0.1, -0.05) is 49.0 Å². The van der Waals surface area contributed by atoms with Crippen LogP contribution >= 0.6 is 11.8 Å². The average molecular weight is 372 g/mol. The molecule has 1 heterocycles. The molecule has 7 heteroatoms. The van der Waals surface area contributed by atoms with Gasteiger partial charge in [0.05, 0.1) is 11.8 Å². The molecule has 0 spiro atoms. The van der Waals surface area contributed by atoms with Crippen LogP contribution in [0, 0.1) is 11.3 Å². The molecule has 0 aliphatic heterocycles. The number of nitriles is 1. The van der Waals surface area contributed by atoms with Gasteiger partial charge in [-0.2, -0.15) is 5.26 Å². The SMILES string of the molecule is CC[C@@H](C)n1c(SCC(=O)N(C)C(C)(C)C#N)nnc1-c1ccccc1. The van der Waals surface area contributed by atoms with Gasteiger partial charge in [0.1, 0.15) is 5.54 Å². The second-order valence-corrected chi connectivity index (χ2v) is 7.65. The van der Waals surface area contributed by atoms with Crippen molar-refractivity contribution in [2.24, 2.45) is 0 Å². The fourth-order valence-electron chi connectivity index (χ4n) is 2.35. The van der Waals surface area contributed by atoms with Crippen LogP contribution in [0.3, 0.4) is 0 Å². The van der Waals surface area contributed by atoms with Gasteiger partial charge in [-0.05, 0) is 27.2 Å². The van der Waals surface area contributed by atoms with Gasteiger partial charge >= 0.3 is 0 Å². The third-order valence-corrected chi connectivity index (χ3v) is 5.47. The molecule has 1 amide bonds. The van der Waals surface area contributed by atoms with Gasteiger partial charge in [-0.15, -0.1) is 10.2 Å². The molecule has 0 bridgehead atoms. The van der Waals surface area contributed by atoms with Crippen molar-refractivity contribution in [3.63, 3.8) is 0 Å². The lowest BCUT2D eigenvalue weighted by Gasteiger charge is -2.29. The van der Waals surface area contributed by atoms with E-state index in [-0.39, 0.29) is 17.7 Å². The lowest BCUT2D eigenvalue weighted by Crippen LogP contribution is -2.44. The summed E-state index contributed by atoms with van der Waals surface area (Å²) in [5.41, 5.74) is 0.165. The van der Waals surface area contributed by atoms with Gasteiger partial charge in [-0.3, -0.25) is 9.36 Å². The molecule has 1 aromatic heterocycles. The summed E-state index contributed by atoms with van der Waals surface area (Å²) in [6, 6.07) is 12.3. The van der Waals surface area contributed by atoms with E-state index in [0.717, 1.165) is 23.0 Å². The smallest absolute Gasteiger partial charge is 0.234 e. The summed E-state index contributed by atoms with van der Waals surface area (Å²) in [6.45, 7) is 7.68. The minimum atomic E-state index is -0.836. The first kappa shape index (κ1) is 20.0. The standard InChI is InChI=1S/C19H25N5OS/c1-6-14(2)24-17(15-10-8-7-9-11-15)21-22-18(24)26-12-16(25)23(5)19(3,4)13-20/h7-11,14H,6,12H2,1-5H3/t14-/m1/s1. The molecular formula is C19H25N5OS. The monoisotopic (exact) mass is 371 g/mol. The van der Waals surface area contributed by atoms with Crippen LogP contribution in [0.5, 0.6) is 0 Å². The molecule has 2 aromatic rings. The first-order valence-electron chi connectivity index (χ1n) is 8.62. The van der Waals surface area contributed by atoms with Crippen LogP contribution < -0.4 is 0 Å². The Morgan fingerprint density at radius 3 is 2.58 bits per heavy atom. The Kier molecular flexibility index (Phi) is 6.43. The highest BCUT2D eigenvalue weighted by Crippen LogP contribution is 2.29. The van der Waals surface area contributed by atoms with E-state index in [9.17, 15) is 10.1 Å². The van der Waals surface area contributed by atoms with Crippen molar-refractivity contribution in [1.82, 2.24) is 19.7 Å². The highest BCUT2D eigenvalue weighted by molar-refractivity contribution is 7.99. The van der Waals surface area contributed by atoms with Gasteiger partial charge < -0.3 is 4.90 Å². The third kappa shape index (κ3) is 4.25. The van der Waals surface area contributed by atoms with E-state index in [1.165, 1.54) is 16.7 Å². The van der Waals surface area contributed by atoms with E-state index in [0.29, 0.717) is 0 Å². The maximum absolute atomic E-state index is 12.4. The largest absolute Gasteiger partial charge is 0.327 e. The van der Waals surface area contributed by atoms with Gasteiger partial charge in [0.15, 0.2) is 11.0 Å². The molecule has 1 aromatic carbocycles. The molecule has 2 rings (SSSR count). The van der Waals surface area contributed by atoms with E-state index in [2.05, 4.69) is 34.7 Å². The quantitative estimate of drug-likeness (QED) is 0.693. The number of thioether (sulfide) groups is 1. The Morgan fingerprint density at radius 2 is 2.00 bits per heavy atom. The van der Waals surface area contributed by atoms with Crippen molar-refractivity contribution in [3.8, 4) is 17.5 Å². The van der Waals surface area contributed by atoms with Crippen molar-refractivity contribution in [1.29, 1.82) is 5.26 Å². The van der Waals surface area contributed by atoms with Crippen LogP contribution in [0.1, 0.15) is 40.2 Å². The summed E-state index contributed by atoms with van der Waals surface area (Å²) in [5.74, 6) is 0.910. The Hall–Kier alpha value is -2.33. The fourth-order valence-corrected chi connectivity index (χ4v) is 3.30. The van der Waals surface area contributed by atoms with Gasteiger partial charge in [-0.25, -0.2) is 0 Å². The molecule has 0 aliphatic carbocycles. The minimum absolute atomic E-state index is 0.110. The van der Waals surface area contributed by atoms with E-state index >= 15 is 0 Å². The molecule has 6 nitrogen and oxygen atoms in total. The van der Waals surface area contributed by atoms with Crippen LogP contribution in [0.15, 0.2) is 35.5 Å². The van der Waals surface area contributed by atoms with Gasteiger partial charge in [0.2, 0.25) is 5.91 Å². The van der Waals surface area contributed by atoms with Gasteiger partial charge in [0.25, 0.3) is 0 Å². The zero-order chi connectivity index (χ0) is 19.3. The normalized spacial score (nSPS) is 12.5. The molecule has 0 N–H and O–H groups in total. The summed E-state index contributed by atoms with van der Waals surface area (Å²) in [5, 5.41) is 18.6. The highest BCUT2D eigenvalue weighted by atomic mass is 32.2. The Labute approximate surface area is 159 Å². The van der Waals surface area contributed by atoms with Crippen molar-refractivity contribution < 1.29 is 4.79 Å². The summed E-state index contributed by atoms with van der Waals surface area (Å²) < 4.78 is 2.09. The maximum atomic E-state index is 12.4. The van der Waals surface area contributed by atoms with Crippen molar-refractivity contribution >= 4 is 17.7 Å². The molecule has 0 saturated heterocycles. The number of benzene rings is 1. The Morgan fingerprint density at radius 1 is 1.35 bits per heavy atom. The van der Waals surface area contributed by atoms with E-state index < -0.39 is 5.54 Å². The number of aromatic nitrogens is 3. The number of amides is 1. The topological polar surface area (TPSA) is 74.8 Å². The molecule has 0 unspecified atom stereocenters. The van der Waals surface area contributed by atoms with Crippen LogP contribution in [0.2, 0.25) is 0 Å². The third-order valence-electron chi connectivity index (χ3n) is 4.54. The van der Waals surface area contributed by atoms with Crippen LogP contribution in [0.4, 0.5) is 0 Å². The number of hydrogen-bond acceptors (Lipinski definition) is 5. The van der Waals surface area contributed by atoms with E-state index in [1.807, 2.05) is 30.3 Å². The summed E-state index contributed by atoms with van der Waals surface area (Å²) in [4.78, 5) is 13.9. The van der Waals surface area contributed by atoms with Crippen molar-refractivity contribution in [2.45, 2.75) is 50.9 Å². The van der Waals surface area contributed by atoms with E-state index in [4.69, 9.17) is 0 Å². The predicted molar refractivity (Wildman–Crippen MR) is 104 cm³/mol. The Bertz CT molecular complexity index is 794. The molecule has 26 heavy (non-hydrogen) atoms. The van der Waals surface area contributed by atoms with Crippen LogP contribution in [-0.2, 0) is 4.79 Å². The number of nitrogens with zero attached hydrogens (tertiary/aromatic N) is 5. The van der Waals surface area contributed by atoms with Crippen molar-refractivity contribution in [3.05, 3.63) is 30.3 Å². The lowest BCUT2D eigenvalue weighted by atomic mass is 10.1. The molecule has 1 atom stereocenters. The fraction of sp³-hybridized carbons (Fsp3) is 0.474. The summed E-state index contributed by atoms with van der Waals surface area (Å²) in [6.07, 6.45) is 0.931. The number of carbonyl (C=O) groups is 1. The number of rotatable bonds is 7. The zero-order valence-electron chi connectivity index (χ0n) is 15.9. The molecule has 0 radical (unpaired) electrons. The molecular weight excluding hydrogens is 346 g/mol. The van der Waals surface area contributed by atoms with E-state index in [1.54, 1.807) is 20.9 Å². The summed E-state index contributed by atoms with van der Waals surface area (Å²) >= 11 is 1.36. The first-order chi connectivity index (χ1) is 12.3. The molecule has 0 aliphatic rings.